The normalized spacial score (nSPS) is 19.0. The molecule has 0 radical (unpaired) electrons. The van der Waals surface area contributed by atoms with Gasteiger partial charge < -0.3 is 19.7 Å². The lowest BCUT2D eigenvalue weighted by Gasteiger charge is -2.33. The number of para-hydroxylation sites is 1. The molecule has 28 heavy (non-hydrogen) atoms. The van der Waals surface area contributed by atoms with Crippen LogP contribution in [0.4, 0.5) is 0 Å². The number of likely N-dealkylation sites (N-methyl/N-ethyl adjacent to an activating group) is 1. The van der Waals surface area contributed by atoms with Gasteiger partial charge in [-0.1, -0.05) is 24.3 Å². The monoisotopic (exact) mass is 383 g/mol. The van der Waals surface area contributed by atoms with E-state index in [1.807, 2.05) is 37.3 Å². The van der Waals surface area contributed by atoms with Crippen LogP contribution in [0.3, 0.4) is 0 Å². The number of benzene rings is 1. The largest absolute Gasteiger partial charge is 0.493 e. The van der Waals surface area contributed by atoms with Gasteiger partial charge >= 0.3 is 0 Å². The van der Waals surface area contributed by atoms with Crippen molar-refractivity contribution < 1.29 is 19.1 Å². The Balaban J connectivity index is 1.55. The summed E-state index contributed by atoms with van der Waals surface area (Å²) < 4.78 is 11.4. The van der Waals surface area contributed by atoms with Gasteiger partial charge in [0, 0.05) is 26.0 Å². The van der Waals surface area contributed by atoms with Gasteiger partial charge in [-0.25, -0.2) is 0 Å². The average molecular weight is 383 g/mol. The van der Waals surface area contributed by atoms with Crippen molar-refractivity contribution in [3.8, 4) is 5.75 Å². The molecular formula is C21H25N3O4. The van der Waals surface area contributed by atoms with Crippen LogP contribution in [0.5, 0.6) is 5.75 Å². The highest BCUT2D eigenvalue weighted by atomic mass is 16.5. The maximum atomic E-state index is 12.9. The van der Waals surface area contributed by atoms with Gasteiger partial charge in [0.2, 0.25) is 5.91 Å². The second-order valence-electron chi connectivity index (χ2n) is 6.79. The highest BCUT2D eigenvalue weighted by Crippen LogP contribution is 2.23. The lowest BCUT2D eigenvalue weighted by molar-refractivity contribution is -0.154. The number of carbonyl (C=O) groups is 2. The van der Waals surface area contributed by atoms with E-state index in [2.05, 4.69) is 10.3 Å². The number of hydrogen-bond acceptors (Lipinski definition) is 5. The van der Waals surface area contributed by atoms with Crippen molar-refractivity contribution in [1.29, 1.82) is 0 Å². The van der Waals surface area contributed by atoms with E-state index >= 15 is 0 Å². The fraction of sp³-hybridized carbons (Fsp3) is 0.381. The van der Waals surface area contributed by atoms with E-state index < -0.39 is 12.1 Å². The first-order chi connectivity index (χ1) is 13.6. The van der Waals surface area contributed by atoms with Gasteiger partial charge in [-0.15, -0.1) is 0 Å². The molecule has 1 aliphatic rings. The number of ether oxygens (including phenoxy) is 2. The Hall–Kier alpha value is -2.93. The summed E-state index contributed by atoms with van der Waals surface area (Å²) in [5.41, 5.74) is 1.82. The summed E-state index contributed by atoms with van der Waals surface area (Å²) in [7, 11) is 1.73. The molecule has 1 aromatic carbocycles. The van der Waals surface area contributed by atoms with Gasteiger partial charge in [0.25, 0.3) is 5.91 Å². The number of hydrogen-bond donors (Lipinski definition) is 1. The number of nitrogens with one attached hydrogen (secondary N) is 1. The second-order valence-corrected chi connectivity index (χ2v) is 6.79. The van der Waals surface area contributed by atoms with Crippen LogP contribution in [-0.2, 0) is 14.3 Å². The summed E-state index contributed by atoms with van der Waals surface area (Å²) in [6.07, 6.45) is 3.19. The number of pyridine rings is 1. The zero-order valence-corrected chi connectivity index (χ0v) is 16.1. The minimum absolute atomic E-state index is 0.128. The summed E-state index contributed by atoms with van der Waals surface area (Å²) in [6.45, 7) is 2.91. The van der Waals surface area contributed by atoms with Crippen LogP contribution < -0.4 is 10.1 Å². The van der Waals surface area contributed by atoms with Crippen molar-refractivity contribution >= 4 is 11.8 Å². The van der Waals surface area contributed by atoms with E-state index in [9.17, 15) is 9.59 Å². The number of rotatable bonds is 7. The summed E-state index contributed by atoms with van der Waals surface area (Å²) in [5, 5.41) is 2.84. The zero-order valence-electron chi connectivity index (χ0n) is 16.1. The predicted molar refractivity (Wildman–Crippen MR) is 104 cm³/mol. The minimum Gasteiger partial charge on any atom is -0.493 e. The lowest BCUT2D eigenvalue weighted by atomic mass is 10.0. The van der Waals surface area contributed by atoms with Crippen molar-refractivity contribution in [2.45, 2.75) is 25.5 Å². The first-order valence-corrected chi connectivity index (χ1v) is 9.30. The molecule has 0 bridgehead atoms. The summed E-state index contributed by atoms with van der Waals surface area (Å²) in [5.74, 6) is 0.434. The Morgan fingerprint density at radius 3 is 2.89 bits per heavy atom. The van der Waals surface area contributed by atoms with Crippen LogP contribution in [0.25, 0.3) is 0 Å². The van der Waals surface area contributed by atoms with Gasteiger partial charge in [-0.3, -0.25) is 14.6 Å². The molecule has 1 fully saturated rings. The Kier molecular flexibility index (Phi) is 6.60. The number of carbonyl (C=O) groups excluding carboxylic acids is 2. The Morgan fingerprint density at radius 2 is 2.14 bits per heavy atom. The van der Waals surface area contributed by atoms with Crippen molar-refractivity contribution in [3.63, 3.8) is 0 Å². The van der Waals surface area contributed by atoms with Crippen molar-refractivity contribution in [2.24, 2.45) is 0 Å². The van der Waals surface area contributed by atoms with Crippen molar-refractivity contribution in [2.75, 3.05) is 26.8 Å². The molecule has 1 aliphatic heterocycles. The Morgan fingerprint density at radius 1 is 1.32 bits per heavy atom. The molecule has 2 heterocycles. The topological polar surface area (TPSA) is 80.8 Å². The van der Waals surface area contributed by atoms with Crippen LogP contribution in [0.1, 0.15) is 23.6 Å². The molecule has 2 atom stereocenters. The Bertz CT molecular complexity index is 812. The molecule has 1 N–H and O–H groups in total. The fourth-order valence-electron chi connectivity index (χ4n) is 3.11. The standard InChI is InChI=1S/C21H25N3O4/c1-15-7-3-4-9-17(15)27-12-6-11-24(2)21(26)20-19(23-18(25)14-28-20)16-8-5-10-22-13-16/h3-5,7-10,13,19-20H,6,11-12,14H2,1-2H3,(H,23,25)/t19-,20+/m1/s1. The first-order valence-electron chi connectivity index (χ1n) is 9.30. The third-order valence-electron chi connectivity index (χ3n) is 4.67. The number of morpholine rings is 1. The van der Waals surface area contributed by atoms with Crippen LogP contribution in [0.15, 0.2) is 48.8 Å². The maximum absolute atomic E-state index is 12.9. The molecule has 0 aliphatic carbocycles. The quantitative estimate of drug-likeness (QED) is 0.739. The summed E-state index contributed by atoms with van der Waals surface area (Å²) in [4.78, 5) is 30.3. The van der Waals surface area contributed by atoms with Crippen molar-refractivity contribution in [3.05, 3.63) is 59.9 Å². The second kappa shape index (κ2) is 9.32. The van der Waals surface area contributed by atoms with Crippen LogP contribution >= 0.6 is 0 Å². The van der Waals surface area contributed by atoms with Gasteiger partial charge in [0.15, 0.2) is 6.10 Å². The minimum atomic E-state index is -0.774. The molecule has 2 aromatic rings. The molecule has 0 spiro atoms. The summed E-state index contributed by atoms with van der Waals surface area (Å²) in [6, 6.07) is 10.9. The van der Waals surface area contributed by atoms with Crippen molar-refractivity contribution in [1.82, 2.24) is 15.2 Å². The van der Waals surface area contributed by atoms with Gasteiger partial charge in [-0.2, -0.15) is 0 Å². The molecule has 3 rings (SSSR count). The van der Waals surface area contributed by atoms with E-state index in [1.54, 1.807) is 30.4 Å². The molecular weight excluding hydrogens is 358 g/mol. The smallest absolute Gasteiger partial charge is 0.253 e. The SMILES string of the molecule is Cc1ccccc1OCCCN(C)C(=O)[C@H]1OCC(=O)N[C@@H]1c1cccnc1. The van der Waals surface area contributed by atoms with Gasteiger partial charge in [0.05, 0.1) is 12.6 Å². The third-order valence-corrected chi connectivity index (χ3v) is 4.67. The van der Waals surface area contributed by atoms with E-state index in [1.165, 1.54) is 0 Å². The van der Waals surface area contributed by atoms with E-state index in [0.717, 1.165) is 16.9 Å². The number of aryl methyl sites for hydroxylation is 1. The van der Waals surface area contributed by atoms with Gasteiger partial charge in [-0.05, 0) is 36.6 Å². The molecule has 0 unspecified atom stereocenters. The third kappa shape index (κ3) is 4.86. The fourth-order valence-corrected chi connectivity index (χ4v) is 3.11. The van der Waals surface area contributed by atoms with Gasteiger partial charge in [0.1, 0.15) is 12.4 Å². The Labute approximate surface area is 164 Å². The average Bonchev–Trinajstić information content (AvgIpc) is 2.72. The lowest BCUT2D eigenvalue weighted by Crippen LogP contribution is -2.52. The molecule has 2 amide bonds. The van der Waals surface area contributed by atoms with E-state index in [-0.39, 0.29) is 18.4 Å². The highest BCUT2D eigenvalue weighted by Gasteiger charge is 2.37. The highest BCUT2D eigenvalue weighted by molar-refractivity contribution is 5.86. The molecule has 1 aromatic heterocycles. The van der Waals surface area contributed by atoms with Crippen LogP contribution in [0, 0.1) is 6.92 Å². The summed E-state index contributed by atoms with van der Waals surface area (Å²) >= 11 is 0. The van der Waals surface area contributed by atoms with E-state index in [4.69, 9.17) is 9.47 Å². The van der Waals surface area contributed by atoms with E-state index in [0.29, 0.717) is 19.6 Å². The zero-order chi connectivity index (χ0) is 19.9. The number of amides is 2. The predicted octanol–water partition coefficient (Wildman–Crippen LogP) is 1.87. The molecule has 0 saturated carbocycles. The molecule has 7 heteroatoms. The molecule has 7 nitrogen and oxygen atoms in total. The number of nitrogens with zero attached hydrogens (tertiary/aromatic N) is 2. The molecule has 1 saturated heterocycles. The van der Waals surface area contributed by atoms with Crippen LogP contribution in [-0.4, -0.2) is 54.6 Å². The first kappa shape index (κ1) is 19.8. The molecule has 148 valence electrons. The van der Waals surface area contributed by atoms with Crippen LogP contribution in [0.2, 0.25) is 0 Å². The number of aromatic nitrogens is 1. The maximum Gasteiger partial charge on any atom is 0.253 e.